The molecule has 7 heteroatoms. The van der Waals surface area contributed by atoms with Crippen molar-refractivity contribution in [3.05, 3.63) is 36.5 Å². The first-order valence-electron chi connectivity index (χ1n) is 11.2. The van der Waals surface area contributed by atoms with E-state index in [2.05, 4.69) is 25.7 Å². The Morgan fingerprint density at radius 3 is 2.90 bits per heavy atom. The van der Waals surface area contributed by atoms with Gasteiger partial charge in [-0.25, -0.2) is 4.79 Å². The highest BCUT2D eigenvalue weighted by atomic mass is 32.2. The SMILES string of the molecule is C=CCN1C(=O)SCC1[C@@]1(OC)C[C@H]2C[C@@H](CC[C@H](C)/C=C\CC/C(C)=C\C(=O)O2)O1. The third-order valence-electron chi connectivity index (χ3n) is 6.32. The number of hydrogen-bond acceptors (Lipinski definition) is 6. The first-order chi connectivity index (χ1) is 14.9. The number of hydrogen-bond donors (Lipinski definition) is 0. The van der Waals surface area contributed by atoms with Crippen LogP contribution in [0.3, 0.4) is 0 Å². The van der Waals surface area contributed by atoms with Crippen LogP contribution in [0.2, 0.25) is 0 Å². The number of carbonyl (C=O) groups is 2. The lowest BCUT2D eigenvalue weighted by atomic mass is 9.89. The second-order valence-electron chi connectivity index (χ2n) is 8.80. The lowest BCUT2D eigenvalue weighted by Crippen LogP contribution is -2.60. The van der Waals surface area contributed by atoms with Crippen LogP contribution >= 0.6 is 11.8 Å². The van der Waals surface area contributed by atoms with Crippen molar-refractivity contribution in [2.45, 2.75) is 76.4 Å². The fourth-order valence-electron chi connectivity index (χ4n) is 4.63. The maximum atomic E-state index is 12.6. The van der Waals surface area contributed by atoms with Gasteiger partial charge in [0.25, 0.3) is 5.24 Å². The van der Waals surface area contributed by atoms with Crippen LogP contribution in [0.25, 0.3) is 0 Å². The number of ether oxygens (including phenoxy) is 3. The Morgan fingerprint density at radius 1 is 1.35 bits per heavy atom. The maximum absolute atomic E-state index is 12.6. The number of amides is 1. The zero-order chi connectivity index (χ0) is 22.4. The summed E-state index contributed by atoms with van der Waals surface area (Å²) >= 11 is 1.27. The molecule has 0 aromatic heterocycles. The lowest BCUT2D eigenvalue weighted by molar-refractivity contribution is -0.305. The van der Waals surface area contributed by atoms with E-state index < -0.39 is 5.79 Å². The van der Waals surface area contributed by atoms with E-state index in [1.165, 1.54) is 11.8 Å². The summed E-state index contributed by atoms with van der Waals surface area (Å²) in [5, 5.41) is 0.0000485. The largest absolute Gasteiger partial charge is 0.459 e. The summed E-state index contributed by atoms with van der Waals surface area (Å²) < 4.78 is 18.4. The normalized spacial score (nSPS) is 38.0. The van der Waals surface area contributed by atoms with Crippen LogP contribution in [0.4, 0.5) is 4.79 Å². The molecule has 0 aliphatic carbocycles. The molecule has 3 heterocycles. The molecule has 1 unspecified atom stereocenters. The Balaban J connectivity index is 1.88. The van der Waals surface area contributed by atoms with Crippen molar-refractivity contribution < 1.29 is 23.8 Å². The van der Waals surface area contributed by atoms with Crippen LogP contribution in [-0.2, 0) is 19.0 Å². The maximum Gasteiger partial charge on any atom is 0.330 e. The standard InChI is InChI=1S/C24H35NO5S/c1-5-12-25-21(16-31-23(25)27)24(28-4)15-20-14-19(30-24)11-10-17(2)8-6-7-9-18(3)13-22(26)29-20/h5-6,8,13,17,19-21H,1,7,9-12,14-16H2,2-4H3/b8-6-,18-13-/t17-,19-,20-,21?,24-/m1/s1. The number of allylic oxidation sites excluding steroid dienone is 3. The van der Waals surface area contributed by atoms with Crippen LogP contribution in [-0.4, -0.2) is 59.6 Å². The van der Waals surface area contributed by atoms with Crippen LogP contribution in [0, 0.1) is 5.92 Å². The average molecular weight is 450 g/mol. The van der Waals surface area contributed by atoms with Crippen LogP contribution < -0.4 is 0 Å². The van der Waals surface area contributed by atoms with E-state index in [1.807, 2.05) is 6.92 Å². The first-order valence-corrected chi connectivity index (χ1v) is 12.2. The van der Waals surface area contributed by atoms with Gasteiger partial charge < -0.3 is 19.1 Å². The molecule has 0 spiro atoms. The van der Waals surface area contributed by atoms with Crippen molar-refractivity contribution in [2.24, 2.45) is 5.92 Å². The minimum atomic E-state index is -1.01. The molecule has 31 heavy (non-hydrogen) atoms. The predicted molar refractivity (Wildman–Crippen MR) is 123 cm³/mol. The zero-order valence-electron chi connectivity index (χ0n) is 18.9. The van der Waals surface area contributed by atoms with Gasteiger partial charge in [0.1, 0.15) is 6.10 Å². The molecule has 0 saturated carbocycles. The second-order valence-corrected chi connectivity index (χ2v) is 9.77. The summed E-state index contributed by atoms with van der Waals surface area (Å²) in [5.74, 6) is -0.310. The second kappa shape index (κ2) is 10.8. The number of rotatable bonds is 4. The highest BCUT2D eigenvalue weighted by molar-refractivity contribution is 8.13. The van der Waals surface area contributed by atoms with Crippen molar-refractivity contribution in [1.29, 1.82) is 0 Å². The van der Waals surface area contributed by atoms with Crippen LogP contribution in [0.5, 0.6) is 0 Å². The van der Waals surface area contributed by atoms with E-state index in [4.69, 9.17) is 14.2 Å². The van der Waals surface area contributed by atoms with Gasteiger partial charge in [-0.15, -0.1) is 6.58 Å². The number of thioether (sulfide) groups is 1. The summed E-state index contributed by atoms with van der Waals surface area (Å²) in [5.41, 5.74) is 1.01. The third-order valence-corrected chi connectivity index (χ3v) is 7.28. The fourth-order valence-corrected chi connectivity index (χ4v) is 5.73. The lowest BCUT2D eigenvalue weighted by Gasteiger charge is -2.48. The highest BCUT2D eigenvalue weighted by Gasteiger charge is 2.54. The van der Waals surface area contributed by atoms with Gasteiger partial charge in [-0.1, -0.05) is 42.5 Å². The van der Waals surface area contributed by atoms with Crippen molar-refractivity contribution in [1.82, 2.24) is 4.90 Å². The molecule has 0 aromatic carbocycles. The molecule has 1 amide bonds. The minimum Gasteiger partial charge on any atom is -0.459 e. The number of esters is 1. The van der Waals surface area contributed by atoms with Crippen molar-refractivity contribution >= 4 is 23.0 Å². The molecule has 2 fully saturated rings. The predicted octanol–water partition coefficient (Wildman–Crippen LogP) is 4.86. The Morgan fingerprint density at radius 2 is 2.16 bits per heavy atom. The molecular formula is C24H35NO5S. The van der Waals surface area contributed by atoms with E-state index >= 15 is 0 Å². The fraction of sp³-hybridized carbons (Fsp3) is 0.667. The van der Waals surface area contributed by atoms with Crippen LogP contribution in [0.1, 0.15) is 52.4 Å². The van der Waals surface area contributed by atoms with Crippen LogP contribution in [0.15, 0.2) is 36.5 Å². The van der Waals surface area contributed by atoms with Gasteiger partial charge in [-0.3, -0.25) is 4.79 Å². The quantitative estimate of drug-likeness (QED) is 0.451. The first kappa shape index (κ1) is 24.1. The Bertz CT molecular complexity index is 735. The number of fused-ring (bicyclic) bond motifs is 2. The van der Waals surface area contributed by atoms with E-state index in [0.29, 0.717) is 31.1 Å². The van der Waals surface area contributed by atoms with Gasteiger partial charge in [0.15, 0.2) is 5.79 Å². The molecule has 0 radical (unpaired) electrons. The molecule has 3 aliphatic rings. The monoisotopic (exact) mass is 449 g/mol. The average Bonchev–Trinajstić information content (AvgIpc) is 3.10. The van der Waals surface area contributed by atoms with Crippen molar-refractivity contribution in [3.63, 3.8) is 0 Å². The summed E-state index contributed by atoms with van der Waals surface area (Å²) in [7, 11) is 1.62. The van der Waals surface area contributed by atoms with Gasteiger partial charge in [-0.2, -0.15) is 0 Å². The molecule has 3 rings (SSSR count). The Labute approximate surface area is 190 Å². The van der Waals surface area contributed by atoms with E-state index in [-0.39, 0.29) is 29.5 Å². The Hall–Kier alpha value is -1.57. The number of methoxy groups -OCH3 is 1. The molecule has 0 N–H and O–H groups in total. The molecule has 172 valence electrons. The van der Waals surface area contributed by atoms with E-state index in [9.17, 15) is 9.59 Å². The van der Waals surface area contributed by atoms with Crippen molar-refractivity contribution in [3.8, 4) is 0 Å². The van der Waals surface area contributed by atoms with Gasteiger partial charge >= 0.3 is 5.97 Å². The molecular weight excluding hydrogens is 414 g/mol. The minimum absolute atomic E-state index is 0.0000485. The van der Waals surface area contributed by atoms with Gasteiger partial charge in [0.2, 0.25) is 0 Å². The van der Waals surface area contributed by atoms with E-state index in [1.54, 1.807) is 24.2 Å². The molecule has 3 aliphatic heterocycles. The third kappa shape index (κ3) is 6.02. The molecule has 6 nitrogen and oxygen atoms in total. The number of carbonyl (C=O) groups excluding carboxylic acids is 2. The summed E-state index contributed by atoms with van der Waals surface area (Å²) in [6, 6.07) is -0.259. The topological polar surface area (TPSA) is 65.1 Å². The van der Waals surface area contributed by atoms with Gasteiger partial charge in [-0.05, 0) is 38.5 Å². The number of nitrogens with zero attached hydrogens (tertiary/aromatic N) is 1. The van der Waals surface area contributed by atoms with Gasteiger partial charge in [0.05, 0.1) is 12.1 Å². The summed E-state index contributed by atoms with van der Waals surface area (Å²) in [4.78, 5) is 26.8. The summed E-state index contributed by atoms with van der Waals surface area (Å²) in [6.45, 7) is 8.40. The molecule has 0 aromatic rings. The van der Waals surface area contributed by atoms with Crippen molar-refractivity contribution in [2.75, 3.05) is 19.4 Å². The smallest absolute Gasteiger partial charge is 0.330 e. The zero-order valence-corrected chi connectivity index (χ0v) is 19.7. The molecule has 5 atom stereocenters. The van der Waals surface area contributed by atoms with E-state index in [0.717, 1.165) is 31.3 Å². The summed E-state index contributed by atoms with van der Waals surface area (Å²) in [6.07, 6.45) is 11.9. The Kier molecular flexibility index (Phi) is 8.42. The highest BCUT2D eigenvalue weighted by Crippen LogP contribution is 2.42. The van der Waals surface area contributed by atoms with Gasteiger partial charge in [0, 0.05) is 38.3 Å². The molecule has 2 bridgehead atoms. The molecule has 2 saturated heterocycles.